The van der Waals surface area contributed by atoms with Gasteiger partial charge in [0.1, 0.15) is 5.82 Å². The number of nitro groups is 1. The van der Waals surface area contributed by atoms with E-state index >= 15 is 0 Å². The highest BCUT2D eigenvalue weighted by molar-refractivity contribution is 5.81. The van der Waals surface area contributed by atoms with Gasteiger partial charge in [0.05, 0.1) is 11.5 Å². The third kappa shape index (κ3) is 3.79. The first-order chi connectivity index (χ1) is 9.53. The Labute approximate surface area is 116 Å². The molecule has 0 fully saturated rings. The number of anilines is 2. The van der Waals surface area contributed by atoms with E-state index in [1.54, 1.807) is 4.90 Å². The molecular formula is C11H18N6O3. The van der Waals surface area contributed by atoms with Crippen molar-refractivity contribution in [2.45, 2.75) is 13.8 Å². The van der Waals surface area contributed by atoms with Crippen LogP contribution in [-0.4, -0.2) is 40.3 Å². The fourth-order valence-electron chi connectivity index (χ4n) is 1.66. The van der Waals surface area contributed by atoms with Gasteiger partial charge in [-0.1, -0.05) is 0 Å². The van der Waals surface area contributed by atoms with Gasteiger partial charge in [0.25, 0.3) is 0 Å². The Kier molecular flexibility index (Phi) is 5.66. The van der Waals surface area contributed by atoms with Crippen molar-refractivity contribution >= 4 is 23.2 Å². The number of nitrogens with two attached hydrogens (primary N) is 1. The van der Waals surface area contributed by atoms with Gasteiger partial charge in [-0.05, 0) is 19.9 Å². The minimum absolute atomic E-state index is 0.00551. The van der Waals surface area contributed by atoms with Gasteiger partial charge in [0.2, 0.25) is 11.7 Å². The Morgan fingerprint density at radius 1 is 1.45 bits per heavy atom. The van der Waals surface area contributed by atoms with Crippen LogP contribution in [0, 0.1) is 10.1 Å². The van der Waals surface area contributed by atoms with Crippen LogP contribution in [-0.2, 0) is 4.79 Å². The van der Waals surface area contributed by atoms with Crippen LogP contribution < -0.4 is 16.6 Å². The van der Waals surface area contributed by atoms with E-state index in [-0.39, 0.29) is 29.8 Å². The third-order valence-corrected chi connectivity index (χ3v) is 2.74. The number of rotatable bonds is 7. The van der Waals surface area contributed by atoms with Gasteiger partial charge in [-0.25, -0.2) is 10.8 Å². The average Bonchev–Trinajstić information content (AvgIpc) is 2.45. The Hall–Kier alpha value is -2.42. The Morgan fingerprint density at radius 2 is 2.10 bits per heavy atom. The van der Waals surface area contributed by atoms with Crippen LogP contribution >= 0.6 is 0 Å². The molecule has 1 heterocycles. The number of nitrogen functional groups attached to an aromatic ring is 1. The molecule has 0 spiro atoms. The molecule has 110 valence electrons. The number of carbonyl (C=O) groups is 1. The number of aromatic nitrogens is 1. The minimum atomic E-state index is -0.572. The summed E-state index contributed by atoms with van der Waals surface area (Å²) in [4.78, 5) is 27.7. The molecular weight excluding hydrogens is 264 g/mol. The number of hydrogen-bond acceptors (Lipinski definition) is 7. The first kappa shape index (κ1) is 15.6. The van der Waals surface area contributed by atoms with Crippen molar-refractivity contribution in [1.82, 2.24) is 9.88 Å². The SMILES string of the molecule is CCN(CC)C(=O)CNc1nc(NN)ccc1[N+](=O)[O-]. The van der Waals surface area contributed by atoms with Gasteiger partial charge in [-0.2, -0.15) is 0 Å². The van der Waals surface area contributed by atoms with Crippen molar-refractivity contribution in [3.8, 4) is 0 Å². The maximum Gasteiger partial charge on any atom is 0.311 e. The molecule has 1 aromatic rings. The van der Waals surface area contributed by atoms with Crippen molar-refractivity contribution in [1.29, 1.82) is 0 Å². The normalized spacial score (nSPS) is 9.95. The molecule has 1 amide bonds. The molecule has 0 aliphatic rings. The third-order valence-electron chi connectivity index (χ3n) is 2.74. The second-order valence-electron chi connectivity index (χ2n) is 3.89. The smallest absolute Gasteiger partial charge is 0.311 e. The molecule has 0 bridgehead atoms. The monoisotopic (exact) mass is 282 g/mol. The molecule has 20 heavy (non-hydrogen) atoms. The molecule has 0 aliphatic carbocycles. The van der Waals surface area contributed by atoms with Gasteiger partial charge in [-0.3, -0.25) is 14.9 Å². The van der Waals surface area contributed by atoms with Gasteiger partial charge in [0, 0.05) is 19.2 Å². The molecule has 9 nitrogen and oxygen atoms in total. The molecule has 0 saturated heterocycles. The van der Waals surface area contributed by atoms with Gasteiger partial charge >= 0.3 is 5.69 Å². The maximum atomic E-state index is 11.8. The van der Waals surface area contributed by atoms with Gasteiger partial charge in [0.15, 0.2) is 0 Å². The lowest BCUT2D eigenvalue weighted by molar-refractivity contribution is -0.384. The van der Waals surface area contributed by atoms with E-state index in [1.165, 1.54) is 12.1 Å². The summed E-state index contributed by atoms with van der Waals surface area (Å²) in [5.74, 6) is 5.33. The molecule has 0 aromatic carbocycles. The Morgan fingerprint density at radius 3 is 2.60 bits per heavy atom. The number of carbonyl (C=O) groups excluding carboxylic acids is 1. The van der Waals surface area contributed by atoms with E-state index in [0.29, 0.717) is 13.1 Å². The molecule has 4 N–H and O–H groups in total. The van der Waals surface area contributed by atoms with Gasteiger partial charge in [-0.15, -0.1) is 0 Å². The number of nitrogens with zero attached hydrogens (tertiary/aromatic N) is 3. The predicted octanol–water partition coefficient (Wildman–Crippen LogP) is 0.556. The van der Waals surface area contributed by atoms with Crippen LogP contribution in [0.5, 0.6) is 0 Å². The van der Waals surface area contributed by atoms with Crippen LogP contribution in [0.25, 0.3) is 0 Å². The lowest BCUT2D eigenvalue weighted by Gasteiger charge is -2.18. The van der Waals surface area contributed by atoms with E-state index in [0.717, 1.165) is 0 Å². The fourth-order valence-corrected chi connectivity index (χ4v) is 1.66. The summed E-state index contributed by atoms with van der Waals surface area (Å²) in [5, 5.41) is 13.6. The van der Waals surface area contributed by atoms with Crippen molar-refractivity contribution in [3.63, 3.8) is 0 Å². The zero-order valence-electron chi connectivity index (χ0n) is 11.4. The molecule has 0 aliphatic heterocycles. The first-order valence-corrected chi connectivity index (χ1v) is 6.17. The maximum absolute atomic E-state index is 11.8. The molecule has 1 rings (SSSR count). The lowest BCUT2D eigenvalue weighted by atomic mass is 10.3. The van der Waals surface area contributed by atoms with Crippen LogP contribution in [0.4, 0.5) is 17.3 Å². The van der Waals surface area contributed by atoms with Crippen molar-refractivity contribution in [2.24, 2.45) is 5.84 Å². The van der Waals surface area contributed by atoms with Crippen molar-refractivity contribution in [3.05, 3.63) is 22.2 Å². The molecule has 0 unspecified atom stereocenters. The summed E-state index contributed by atoms with van der Waals surface area (Å²) in [7, 11) is 0. The second kappa shape index (κ2) is 7.24. The van der Waals surface area contributed by atoms with Crippen LogP contribution in [0.15, 0.2) is 12.1 Å². The van der Waals surface area contributed by atoms with E-state index in [9.17, 15) is 14.9 Å². The predicted molar refractivity (Wildman–Crippen MR) is 75.1 cm³/mol. The highest BCUT2D eigenvalue weighted by Gasteiger charge is 2.17. The topological polar surface area (TPSA) is 126 Å². The van der Waals surface area contributed by atoms with Crippen LogP contribution in [0.1, 0.15) is 13.8 Å². The van der Waals surface area contributed by atoms with Crippen LogP contribution in [0.2, 0.25) is 0 Å². The quantitative estimate of drug-likeness (QED) is 0.379. The van der Waals surface area contributed by atoms with E-state index in [1.807, 2.05) is 13.8 Å². The number of hydrogen-bond donors (Lipinski definition) is 3. The average molecular weight is 282 g/mol. The van der Waals surface area contributed by atoms with Crippen LogP contribution in [0.3, 0.4) is 0 Å². The van der Waals surface area contributed by atoms with E-state index < -0.39 is 4.92 Å². The lowest BCUT2D eigenvalue weighted by Crippen LogP contribution is -2.35. The fraction of sp³-hybridized carbons (Fsp3) is 0.455. The number of hydrazine groups is 1. The molecule has 1 aromatic heterocycles. The number of amides is 1. The minimum Gasteiger partial charge on any atom is -0.355 e. The Balaban J connectivity index is 2.85. The summed E-state index contributed by atoms with van der Waals surface area (Å²) in [6.07, 6.45) is 0. The molecule has 0 saturated carbocycles. The zero-order valence-corrected chi connectivity index (χ0v) is 11.4. The van der Waals surface area contributed by atoms with E-state index in [2.05, 4.69) is 15.7 Å². The molecule has 9 heteroatoms. The highest BCUT2D eigenvalue weighted by Crippen LogP contribution is 2.23. The van der Waals surface area contributed by atoms with E-state index in [4.69, 9.17) is 5.84 Å². The first-order valence-electron chi connectivity index (χ1n) is 6.17. The number of likely N-dealkylation sites (N-methyl/N-ethyl adjacent to an activating group) is 1. The standard InChI is InChI=1S/C11H18N6O3/c1-3-16(4-2)10(18)7-13-11-8(17(19)20)5-6-9(14-11)15-12/h5-6H,3-4,7,12H2,1-2H3,(H2,13,14,15). The summed E-state index contributed by atoms with van der Waals surface area (Å²) in [6, 6.07) is 2.65. The number of nitrogens with one attached hydrogen (secondary N) is 2. The molecule has 0 radical (unpaired) electrons. The Bertz CT molecular complexity index is 489. The molecule has 0 atom stereocenters. The van der Waals surface area contributed by atoms with Gasteiger partial charge < -0.3 is 15.6 Å². The number of pyridine rings is 1. The zero-order chi connectivity index (χ0) is 15.1. The summed E-state index contributed by atoms with van der Waals surface area (Å²) >= 11 is 0. The van der Waals surface area contributed by atoms with Crippen molar-refractivity contribution in [2.75, 3.05) is 30.4 Å². The summed E-state index contributed by atoms with van der Waals surface area (Å²) in [5.41, 5.74) is 2.09. The van der Waals surface area contributed by atoms with Crippen molar-refractivity contribution < 1.29 is 9.72 Å². The highest BCUT2D eigenvalue weighted by atomic mass is 16.6. The summed E-state index contributed by atoms with van der Waals surface area (Å²) in [6.45, 7) is 4.82. The largest absolute Gasteiger partial charge is 0.355 e. The second-order valence-corrected chi connectivity index (χ2v) is 3.89. The summed E-state index contributed by atoms with van der Waals surface area (Å²) < 4.78 is 0.